The lowest BCUT2D eigenvalue weighted by molar-refractivity contribution is -0.123. The molecule has 0 fully saturated rings. The standard InChI is InChI=1S/C22H25N2O5S/c1-4-29-19-13-14(9-10-18(19)28-2)17(11-12-30(3)27)24-20(21(23)25)15-7-5-6-8-16(15)22(24)26/h5-7,9-10,13,17,20H,4,11-12H2,1-3H3,(H2,23,25). The summed E-state index contributed by atoms with van der Waals surface area (Å²) in [4.78, 5) is 27.1. The number of primary amides is 1. The second-order valence-electron chi connectivity index (χ2n) is 6.94. The summed E-state index contributed by atoms with van der Waals surface area (Å²) in [5.74, 6) is 0.509. The number of fused-ring (bicyclic) bond motifs is 1. The molecule has 1 aliphatic rings. The first kappa shape index (κ1) is 22.0. The van der Waals surface area contributed by atoms with E-state index in [0.717, 1.165) is 5.56 Å². The SMILES string of the molecule is CCOc1cc(C(CC[S+](C)[O-])N2C(=O)c3[c]cccc3C2C(N)=O)ccc1OC. The van der Waals surface area contributed by atoms with E-state index in [1.807, 2.05) is 13.0 Å². The van der Waals surface area contributed by atoms with Crippen LogP contribution >= 0.6 is 0 Å². The molecular formula is C22H25N2O5S. The Balaban J connectivity index is 2.09. The third-order valence-electron chi connectivity index (χ3n) is 5.07. The van der Waals surface area contributed by atoms with Gasteiger partial charge < -0.3 is 24.7 Å². The van der Waals surface area contributed by atoms with Gasteiger partial charge in [-0.05, 0) is 36.2 Å². The quantitative estimate of drug-likeness (QED) is 0.616. The van der Waals surface area contributed by atoms with Crippen LogP contribution in [0, 0.1) is 6.07 Å². The third kappa shape index (κ3) is 4.24. The van der Waals surface area contributed by atoms with E-state index in [2.05, 4.69) is 6.07 Å². The van der Waals surface area contributed by atoms with Gasteiger partial charge in [0, 0.05) is 6.42 Å². The van der Waals surface area contributed by atoms with E-state index in [1.54, 1.807) is 43.7 Å². The van der Waals surface area contributed by atoms with Crippen molar-refractivity contribution in [3.8, 4) is 11.5 Å². The molecule has 2 aromatic carbocycles. The van der Waals surface area contributed by atoms with E-state index in [9.17, 15) is 14.1 Å². The predicted octanol–water partition coefficient (Wildman–Crippen LogP) is 2.39. The fraction of sp³-hybridized carbons (Fsp3) is 0.364. The van der Waals surface area contributed by atoms with Gasteiger partial charge in [0.1, 0.15) is 11.8 Å². The molecule has 3 atom stereocenters. The Bertz CT molecular complexity index is 933. The summed E-state index contributed by atoms with van der Waals surface area (Å²) in [6.45, 7) is 2.31. The van der Waals surface area contributed by atoms with Gasteiger partial charge in [0.15, 0.2) is 11.5 Å². The van der Waals surface area contributed by atoms with Crippen molar-refractivity contribution < 1.29 is 23.6 Å². The van der Waals surface area contributed by atoms with Crippen LogP contribution in [-0.4, -0.2) is 47.0 Å². The Morgan fingerprint density at radius 1 is 1.37 bits per heavy atom. The molecule has 8 heteroatoms. The summed E-state index contributed by atoms with van der Waals surface area (Å²) >= 11 is -1.08. The van der Waals surface area contributed by atoms with Crippen molar-refractivity contribution in [2.45, 2.75) is 25.4 Å². The van der Waals surface area contributed by atoms with E-state index in [0.29, 0.717) is 41.4 Å². The minimum Gasteiger partial charge on any atom is -0.617 e. The minimum absolute atomic E-state index is 0.324. The monoisotopic (exact) mass is 429 g/mol. The molecule has 0 aliphatic carbocycles. The number of hydrogen-bond acceptors (Lipinski definition) is 5. The number of benzene rings is 2. The highest BCUT2D eigenvalue weighted by atomic mass is 32.2. The van der Waals surface area contributed by atoms with Crippen LogP contribution in [0.15, 0.2) is 36.4 Å². The normalized spacial score (nSPS) is 17.4. The van der Waals surface area contributed by atoms with Crippen molar-refractivity contribution in [2.75, 3.05) is 25.7 Å². The molecule has 3 unspecified atom stereocenters. The van der Waals surface area contributed by atoms with Crippen molar-refractivity contribution in [2.24, 2.45) is 5.73 Å². The predicted molar refractivity (Wildman–Crippen MR) is 114 cm³/mol. The number of carbonyl (C=O) groups excluding carboxylic acids is 2. The molecule has 0 spiro atoms. The van der Waals surface area contributed by atoms with Gasteiger partial charge in [-0.25, -0.2) is 0 Å². The number of methoxy groups -OCH3 is 1. The van der Waals surface area contributed by atoms with Crippen LogP contribution in [0.25, 0.3) is 0 Å². The first-order valence-corrected chi connectivity index (χ1v) is 11.3. The molecule has 0 bridgehead atoms. The van der Waals surface area contributed by atoms with Gasteiger partial charge >= 0.3 is 0 Å². The molecular weight excluding hydrogens is 404 g/mol. The zero-order valence-corrected chi connectivity index (χ0v) is 18.0. The molecule has 1 radical (unpaired) electrons. The fourth-order valence-corrected chi connectivity index (χ4v) is 4.34. The molecule has 7 nitrogen and oxygen atoms in total. The summed E-state index contributed by atoms with van der Waals surface area (Å²) in [6, 6.07) is 11.9. The van der Waals surface area contributed by atoms with E-state index in [-0.39, 0.29) is 5.91 Å². The number of amides is 2. The number of rotatable bonds is 9. The Labute approximate surface area is 179 Å². The highest BCUT2D eigenvalue weighted by Gasteiger charge is 2.44. The van der Waals surface area contributed by atoms with Crippen LogP contribution in [0.3, 0.4) is 0 Å². The van der Waals surface area contributed by atoms with Gasteiger partial charge in [-0.3, -0.25) is 9.59 Å². The van der Waals surface area contributed by atoms with Crippen LogP contribution in [-0.2, 0) is 16.0 Å². The Morgan fingerprint density at radius 3 is 2.77 bits per heavy atom. The van der Waals surface area contributed by atoms with Crippen LogP contribution in [0.1, 0.15) is 46.9 Å². The molecule has 3 rings (SSSR count). The molecule has 2 aromatic rings. The van der Waals surface area contributed by atoms with E-state index >= 15 is 0 Å². The Hall–Kier alpha value is -2.71. The summed E-state index contributed by atoms with van der Waals surface area (Å²) in [6.07, 6.45) is 2.00. The highest BCUT2D eigenvalue weighted by Crippen LogP contribution is 2.42. The second kappa shape index (κ2) is 9.40. The average Bonchev–Trinajstić information content (AvgIpc) is 3.01. The maximum Gasteiger partial charge on any atom is 0.256 e. The zero-order valence-electron chi connectivity index (χ0n) is 17.2. The van der Waals surface area contributed by atoms with E-state index in [1.165, 1.54) is 4.90 Å². The van der Waals surface area contributed by atoms with Crippen LogP contribution < -0.4 is 15.2 Å². The topological polar surface area (TPSA) is 105 Å². The van der Waals surface area contributed by atoms with Crippen LogP contribution in [0.4, 0.5) is 0 Å². The summed E-state index contributed by atoms with van der Waals surface area (Å²) < 4.78 is 22.9. The van der Waals surface area contributed by atoms with Crippen molar-refractivity contribution in [3.05, 3.63) is 59.2 Å². The number of carbonyl (C=O) groups is 2. The summed E-state index contributed by atoms with van der Waals surface area (Å²) in [7, 11) is 1.55. The lowest BCUT2D eigenvalue weighted by Gasteiger charge is -2.32. The van der Waals surface area contributed by atoms with Gasteiger partial charge in [-0.15, -0.1) is 0 Å². The lowest BCUT2D eigenvalue weighted by Crippen LogP contribution is -2.39. The summed E-state index contributed by atoms with van der Waals surface area (Å²) in [5, 5.41) is 0. The maximum atomic E-state index is 13.3. The zero-order chi connectivity index (χ0) is 21.8. The van der Waals surface area contributed by atoms with Crippen molar-refractivity contribution in [1.29, 1.82) is 0 Å². The number of nitrogens with two attached hydrogens (primary N) is 1. The molecule has 2 amide bonds. The number of nitrogens with zero attached hydrogens (tertiary/aromatic N) is 1. The minimum atomic E-state index is -1.08. The first-order valence-electron chi connectivity index (χ1n) is 9.62. The second-order valence-corrected chi connectivity index (χ2v) is 8.50. The Morgan fingerprint density at radius 2 is 2.13 bits per heavy atom. The molecule has 1 heterocycles. The van der Waals surface area contributed by atoms with E-state index in [4.69, 9.17) is 15.2 Å². The van der Waals surface area contributed by atoms with Crippen LogP contribution in [0.5, 0.6) is 11.5 Å². The molecule has 0 aromatic heterocycles. The van der Waals surface area contributed by atoms with E-state index < -0.39 is 29.2 Å². The third-order valence-corrected chi connectivity index (χ3v) is 5.88. The average molecular weight is 430 g/mol. The molecule has 1 aliphatic heterocycles. The number of ether oxygens (including phenoxy) is 2. The van der Waals surface area contributed by atoms with Gasteiger partial charge in [-0.1, -0.05) is 35.4 Å². The van der Waals surface area contributed by atoms with Crippen molar-refractivity contribution >= 4 is 23.0 Å². The number of hydrogen-bond donors (Lipinski definition) is 1. The van der Waals surface area contributed by atoms with Gasteiger partial charge in [0.25, 0.3) is 5.91 Å². The highest BCUT2D eigenvalue weighted by molar-refractivity contribution is 7.90. The van der Waals surface area contributed by atoms with Gasteiger partial charge in [0.2, 0.25) is 5.91 Å². The lowest BCUT2D eigenvalue weighted by atomic mass is 9.99. The van der Waals surface area contributed by atoms with Gasteiger partial charge in [0.05, 0.1) is 31.6 Å². The van der Waals surface area contributed by atoms with Gasteiger partial charge in [-0.2, -0.15) is 0 Å². The first-order chi connectivity index (χ1) is 14.4. The summed E-state index contributed by atoms with van der Waals surface area (Å²) in [5.41, 5.74) is 7.33. The maximum absolute atomic E-state index is 13.3. The smallest absolute Gasteiger partial charge is 0.256 e. The molecule has 0 saturated carbocycles. The molecule has 159 valence electrons. The Kier molecular flexibility index (Phi) is 6.89. The van der Waals surface area contributed by atoms with Crippen molar-refractivity contribution in [1.82, 2.24) is 4.90 Å². The molecule has 30 heavy (non-hydrogen) atoms. The molecule has 0 saturated heterocycles. The molecule has 2 N–H and O–H groups in total. The van der Waals surface area contributed by atoms with Crippen molar-refractivity contribution in [3.63, 3.8) is 0 Å². The fourth-order valence-electron chi connectivity index (χ4n) is 3.78. The largest absolute Gasteiger partial charge is 0.617 e. The van der Waals surface area contributed by atoms with Crippen LogP contribution in [0.2, 0.25) is 0 Å².